The predicted octanol–water partition coefficient (Wildman–Crippen LogP) is -3.33. The van der Waals surface area contributed by atoms with E-state index in [0.29, 0.717) is 6.49 Å². The molecule has 9 radical (unpaired) electrons. The Morgan fingerprint density at radius 1 is 1.00 bits per heavy atom. The molecule has 12 heteroatoms. The first kappa shape index (κ1) is 11.8. The molecular weight excluding hydrogens is 196 g/mol. The Morgan fingerprint density at radius 2 is 1.64 bits per heavy atom. The van der Waals surface area contributed by atoms with E-state index in [2.05, 4.69) is 53.7 Å². The van der Waals surface area contributed by atoms with Crippen molar-refractivity contribution in [3.63, 3.8) is 0 Å². The van der Waals surface area contributed by atoms with Gasteiger partial charge in [-0.2, -0.15) is 25.3 Å². The molecule has 3 rings (SSSR count). The third kappa shape index (κ3) is 2.53. The van der Waals surface area contributed by atoms with Gasteiger partial charge in [0.25, 0.3) is 0 Å². The average molecular weight is 199 g/mol. The number of rotatable bonds is 0. The second-order valence-electron chi connectivity index (χ2n) is 3.59. The smallest absolute Gasteiger partial charge is 0.0760 e. The monoisotopic (exact) mass is 201 g/mol. The summed E-state index contributed by atoms with van der Waals surface area (Å²) in [7, 11) is 18.6. The highest BCUT2D eigenvalue weighted by Crippen LogP contribution is 2.32. The van der Waals surface area contributed by atoms with E-state index < -0.39 is 0 Å². The lowest BCUT2D eigenvalue weighted by Crippen LogP contribution is -2.73. The zero-order chi connectivity index (χ0) is 10.0. The fourth-order valence-corrected chi connectivity index (χ4v) is 2.45. The summed E-state index contributed by atoms with van der Waals surface area (Å²) in [5.41, 5.74) is 0. The molecule has 3 heterocycles. The van der Waals surface area contributed by atoms with Crippen LogP contribution in [0, 0.1) is 0 Å². The van der Waals surface area contributed by atoms with Crippen LogP contribution in [0.2, 0.25) is 0 Å². The Balaban J connectivity index is 1.91. The number of thiol groups is 2. The van der Waals surface area contributed by atoms with Gasteiger partial charge in [0.1, 0.15) is 0 Å². The van der Waals surface area contributed by atoms with Crippen molar-refractivity contribution < 1.29 is 0 Å². The van der Waals surface area contributed by atoms with E-state index in [-0.39, 0.29) is 9.70 Å². The minimum absolute atomic E-state index is 0.146. The van der Waals surface area contributed by atoms with Gasteiger partial charge < -0.3 is 0 Å². The lowest BCUT2D eigenvalue weighted by molar-refractivity contribution is 1.17. The maximum atomic E-state index is 4.61. The molecule has 0 aliphatic carbocycles. The van der Waals surface area contributed by atoms with Crippen LogP contribution >= 0.6 is 25.3 Å². The van der Waals surface area contributed by atoms with E-state index >= 15 is 0 Å². The number of fused-ring (bicyclic) bond motifs is 7. The van der Waals surface area contributed by atoms with Gasteiger partial charge in [-0.15, -0.1) is 0 Å². The van der Waals surface area contributed by atoms with Crippen molar-refractivity contribution in [2.45, 2.75) is 9.70 Å². The Labute approximate surface area is 105 Å². The van der Waals surface area contributed by atoms with Crippen molar-refractivity contribution in [2.24, 2.45) is 0 Å². The topological polar surface area (TPSA) is 0 Å². The standard InChI is InChI=1S/C2H3B10S2/c13-1-2(14)3-5-6-7-8-9-10-11-12(1)4-2/h1,13-14H. The summed E-state index contributed by atoms with van der Waals surface area (Å²) in [6.07, 6.45) is 0. The van der Waals surface area contributed by atoms with Crippen LogP contribution in [0.5, 0.6) is 0 Å². The molecule has 0 aromatic rings. The molecule has 0 saturated carbocycles. The minimum Gasteiger partial charge on any atom is -0.191 e. The molecule has 53 valence electrons. The highest BCUT2D eigenvalue weighted by atomic mass is 32.1. The summed E-state index contributed by atoms with van der Waals surface area (Å²) >= 11 is 9.17. The molecule has 0 amide bonds. The lowest BCUT2D eigenvalue weighted by Gasteiger charge is -2.50. The second-order valence-corrected chi connectivity index (χ2v) is 4.92. The quantitative estimate of drug-likeness (QED) is 0.296. The van der Waals surface area contributed by atoms with Crippen LogP contribution in [0.15, 0.2) is 0 Å². The zero-order valence-corrected chi connectivity index (χ0v) is 9.53. The van der Waals surface area contributed by atoms with Crippen molar-refractivity contribution in [3.8, 4) is 0 Å². The molecular formula is C2H3B10S2. The van der Waals surface area contributed by atoms with Crippen molar-refractivity contribution >= 4 is 95.5 Å². The van der Waals surface area contributed by atoms with E-state index in [1.807, 2.05) is 35.3 Å². The molecule has 2 unspecified atom stereocenters. The van der Waals surface area contributed by atoms with E-state index in [0.717, 1.165) is 0 Å². The maximum Gasteiger partial charge on any atom is 0.0760 e. The lowest BCUT2D eigenvalue weighted by atomic mass is 8.80. The Bertz CT molecular complexity index is 197. The highest BCUT2D eigenvalue weighted by Gasteiger charge is 2.49. The van der Waals surface area contributed by atoms with E-state index in [1.54, 1.807) is 0 Å². The zero-order valence-electron chi connectivity index (χ0n) is 7.75. The first-order valence-corrected chi connectivity index (χ1v) is 5.64. The van der Waals surface area contributed by atoms with Crippen LogP contribution in [0.3, 0.4) is 0 Å². The molecule has 3 saturated heterocycles. The Hall–Kier alpha value is 1.35. The minimum atomic E-state index is -0.146. The van der Waals surface area contributed by atoms with Gasteiger partial charge in [0, 0.05) is 49.4 Å². The Kier molecular flexibility index (Phi) is 4.32. The molecule has 0 spiro atoms. The third-order valence-corrected chi connectivity index (χ3v) is 4.10. The Morgan fingerprint density at radius 3 is 2.36 bits per heavy atom. The van der Waals surface area contributed by atoms with Crippen LogP contribution in [0.25, 0.3) is 0 Å². The van der Waals surface area contributed by atoms with E-state index in [9.17, 15) is 0 Å². The molecule has 0 N–H and O–H groups in total. The number of hydrogen-bond donors (Lipinski definition) is 2. The van der Waals surface area contributed by atoms with Gasteiger partial charge in [-0.3, -0.25) is 0 Å². The second kappa shape index (κ2) is 5.12. The molecule has 14 heavy (non-hydrogen) atoms. The highest BCUT2D eigenvalue weighted by molar-refractivity contribution is 7.97. The van der Waals surface area contributed by atoms with Crippen LogP contribution in [-0.4, -0.2) is 80.0 Å². The van der Waals surface area contributed by atoms with Gasteiger partial charge in [-0.25, -0.2) is 0 Å². The van der Waals surface area contributed by atoms with Gasteiger partial charge in [0.2, 0.25) is 0 Å². The molecule has 3 fully saturated rings. The van der Waals surface area contributed by atoms with Crippen molar-refractivity contribution in [2.75, 3.05) is 0 Å². The van der Waals surface area contributed by atoms with Gasteiger partial charge in [-0.05, 0) is 5.15 Å². The molecule has 3 aliphatic heterocycles. The molecule has 0 nitrogen and oxygen atoms in total. The van der Waals surface area contributed by atoms with Crippen molar-refractivity contribution in [1.82, 2.24) is 0 Å². The van der Waals surface area contributed by atoms with Crippen LogP contribution < -0.4 is 0 Å². The summed E-state index contributed by atoms with van der Waals surface area (Å²) in [5, 5.41) is 0.276. The SMILES string of the molecule is SC1B2[B][B][B][B][B][B][B][B]C1(S)[B]2. The summed E-state index contributed by atoms with van der Waals surface area (Å²) in [6.45, 7) is 0.434. The van der Waals surface area contributed by atoms with Crippen LogP contribution in [-0.2, 0) is 0 Å². The fraction of sp³-hybridized carbons (Fsp3) is 1.00. The first-order chi connectivity index (χ1) is 6.72. The number of hydrogen-bond acceptors (Lipinski definition) is 2. The van der Waals surface area contributed by atoms with Gasteiger partial charge >= 0.3 is 0 Å². The molecule has 2 atom stereocenters. The summed E-state index contributed by atoms with van der Waals surface area (Å²) < 4.78 is -0.146. The first-order valence-electron chi connectivity index (χ1n) is 4.68. The van der Waals surface area contributed by atoms with Crippen LogP contribution in [0.4, 0.5) is 0 Å². The summed E-state index contributed by atoms with van der Waals surface area (Å²) in [5.74, 6) is 0. The normalized spacial score (nSPS) is 34.7. The van der Waals surface area contributed by atoms with Crippen molar-refractivity contribution in [3.05, 3.63) is 0 Å². The van der Waals surface area contributed by atoms with Crippen molar-refractivity contribution in [1.29, 1.82) is 0 Å². The van der Waals surface area contributed by atoms with Crippen LogP contribution in [0.1, 0.15) is 0 Å². The summed E-state index contributed by atoms with van der Waals surface area (Å²) in [4.78, 5) is 0. The fourth-order valence-electron chi connectivity index (χ4n) is 1.66. The van der Waals surface area contributed by atoms with Gasteiger partial charge in [-0.1, -0.05) is 4.55 Å². The predicted molar refractivity (Wildman–Crippen MR) is 82.0 cm³/mol. The average Bonchev–Trinajstić information content (AvgIpc) is 2.24. The molecule has 2 bridgehead atoms. The maximum absolute atomic E-state index is 4.61. The largest absolute Gasteiger partial charge is 0.191 e. The van der Waals surface area contributed by atoms with E-state index in [4.69, 9.17) is 0 Å². The third-order valence-electron chi connectivity index (χ3n) is 2.55. The summed E-state index contributed by atoms with van der Waals surface area (Å²) in [6, 6.07) is 0. The molecule has 0 aromatic carbocycles. The molecule has 0 aromatic heterocycles. The van der Waals surface area contributed by atoms with Gasteiger partial charge in [0.05, 0.1) is 20.8 Å². The van der Waals surface area contributed by atoms with E-state index in [1.165, 1.54) is 0 Å². The van der Waals surface area contributed by atoms with Gasteiger partial charge in [0.15, 0.2) is 0 Å². The molecule has 3 aliphatic rings.